The molecule has 8 nitrogen and oxygen atoms in total. The molecule has 1 aliphatic rings. The van der Waals surface area contributed by atoms with Gasteiger partial charge in [0.1, 0.15) is 11.9 Å². The molecule has 1 saturated heterocycles. The Hall–Kier alpha value is -3.54. The van der Waals surface area contributed by atoms with Crippen molar-refractivity contribution in [1.29, 1.82) is 0 Å². The number of benzene rings is 2. The molecule has 0 radical (unpaired) electrons. The van der Waals surface area contributed by atoms with E-state index in [0.717, 1.165) is 23.9 Å². The zero-order valence-corrected chi connectivity index (χ0v) is 17.9. The molecule has 0 spiro atoms. The topological polar surface area (TPSA) is 110 Å². The van der Waals surface area contributed by atoms with Crippen LogP contribution in [0, 0.1) is 0 Å². The van der Waals surface area contributed by atoms with E-state index in [0.29, 0.717) is 22.6 Å². The van der Waals surface area contributed by atoms with E-state index in [2.05, 4.69) is 15.5 Å². The lowest BCUT2D eigenvalue weighted by Crippen LogP contribution is -2.26. The number of carbonyl (C=O) groups excluding carboxylic acids is 1. The average Bonchev–Trinajstić information content (AvgIpc) is 3.10. The normalized spacial score (nSPS) is 17.4. The Kier molecular flexibility index (Phi) is 7.59. The highest BCUT2D eigenvalue weighted by Gasteiger charge is 2.32. The third-order valence-corrected chi connectivity index (χ3v) is 5.40. The summed E-state index contributed by atoms with van der Waals surface area (Å²) < 4.78 is 49.5. The number of carboxylic acids is 1. The molecule has 2 aromatic rings. The van der Waals surface area contributed by atoms with Crippen LogP contribution in [0.5, 0.6) is 11.5 Å². The molecule has 0 aliphatic carbocycles. The molecule has 33 heavy (non-hydrogen) atoms. The standard InChI is InChI=1S/C21H18F3N3O5S/c1-31-16-8-12(10-25-27-20-26-19(30)17(33-20)9-18(28)29)5-6-15(16)32-11-13-3-2-4-14(7-13)21(22,23)24/h2-8,10,17H,9,11H2,1H3,(H,28,29)(H,26,27,30). The largest absolute Gasteiger partial charge is 0.493 e. The minimum atomic E-state index is -4.44. The van der Waals surface area contributed by atoms with E-state index < -0.39 is 28.9 Å². The van der Waals surface area contributed by atoms with Gasteiger partial charge in [-0.15, -0.1) is 5.10 Å². The quantitative estimate of drug-likeness (QED) is 0.440. The predicted octanol–water partition coefficient (Wildman–Crippen LogP) is 3.69. The zero-order valence-electron chi connectivity index (χ0n) is 17.1. The molecule has 3 rings (SSSR count). The summed E-state index contributed by atoms with van der Waals surface area (Å²) in [5, 5.41) is 18.4. The van der Waals surface area contributed by atoms with E-state index in [9.17, 15) is 22.8 Å². The maximum Gasteiger partial charge on any atom is 0.416 e. The summed E-state index contributed by atoms with van der Waals surface area (Å²) in [4.78, 5) is 22.4. The van der Waals surface area contributed by atoms with E-state index in [-0.39, 0.29) is 18.2 Å². The van der Waals surface area contributed by atoms with E-state index in [4.69, 9.17) is 14.6 Å². The van der Waals surface area contributed by atoms with Crippen LogP contribution >= 0.6 is 11.8 Å². The first-order valence-corrected chi connectivity index (χ1v) is 10.3. The van der Waals surface area contributed by atoms with E-state index in [1.807, 2.05) is 0 Å². The lowest BCUT2D eigenvalue weighted by molar-refractivity contribution is -0.138. The first-order chi connectivity index (χ1) is 15.7. The maximum atomic E-state index is 12.9. The second-order valence-electron chi connectivity index (χ2n) is 6.74. The summed E-state index contributed by atoms with van der Waals surface area (Å²) >= 11 is 0.979. The van der Waals surface area contributed by atoms with Crippen LogP contribution in [0.3, 0.4) is 0 Å². The number of rotatable bonds is 8. The molecule has 1 aliphatic heterocycles. The summed E-state index contributed by atoms with van der Waals surface area (Å²) in [6, 6.07) is 9.67. The van der Waals surface area contributed by atoms with Gasteiger partial charge in [-0.1, -0.05) is 23.9 Å². The van der Waals surface area contributed by atoms with Crippen LogP contribution in [0.15, 0.2) is 52.7 Å². The van der Waals surface area contributed by atoms with Crippen LogP contribution in [-0.4, -0.2) is 40.7 Å². The molecule has 2 N–H and O–H groups in total. The number of carbonyl (C=O) groups is 2. The van der Waals surface area contributed by atoms with Crippen molar-refractivity contribution in [3.63, 3.8) is 0 Å². The molecule has 1 heterocycles. The molecular formula is C21H18F3N3O5S. The van der Waals surface area contributed by atoms with Gasteiger partial charge >= 0.3 is 12.1 Å². The van der Waals surface area contributed by atoms with Crippen molar-refractivity contribution in [2.75, 3.05) is 7.11 Å². The van der Waals surface area contributed by atoms with Gasteiger partial charge in [0.2, 0.25) is 5.91 Å². The fraction of sp³-hybridized carbons (Fsp3) is 0.238. The summed E-state index contributed by atoms with van der Waals surface area (Å²) in [7, 11) is 1.42. The van der Waals surface area contributed by atoms with Crippen LogP contribution in [0.4, 0.5) is 13.2 Å². The van der Waals surface area contributed by atoms with Crippen molar-refractivity contribution in [3.8, 4) is 11.5 Å². The number of hydrogen-bond donors (Lipinski definition) is 2. The fourth-order valence-corrected chi connectivity index (χ4v) is 3.69. The lowest BCUT2D eigenvalue weighted by atomic mass is 10.1. The monoisotopic (exact) mass is 481 g/mol. The molecule has 1 unspecified atom stereocenters. The smallest absolute Gasteiger partial charge is 0.416 e. The summed E-state index contributed by atoms with van der Waals surface area (Å²) in [6.45, 7) is -0.0875. The van der Waals surface area contributed by atoms with Crippen molar-refractivity contribution in [3.05, 3.63) is 59.2 Å². The Morgan fingerprint density at radius 3 is 2.73 bits per heavy atom. The van der Waals surface area contributed by atoms with Crippen LogP contribution in [0.25, 0.3) is 0 Å². The first-order valence-electron chi connectivity index (χ1n) is 9.43. The van der Waals surface area contributed by atoms with Gasteiger partial charge in [0.05, 0.1) is 25.3 Å². The van der Waals surface area contributed by atoms with Gasteiger partial charge in [-0.05, 0) is 41.5 Å². The second-order valence-corrected chi connectivity index (χ2v) is 7.93. The van der Waals surface area contributed by atoms with Gasteiger partial charge in [0, 0.05) is 0 Å². The minimum absolute atomic E-state index is 0.0875. The maximum absolute atomic E-state index is 12.9. The summed E-state index contributed by atoms with van der Waals surface area (Å²) in [6.07, 6.45) is -3.36. The Morgan fingerprint density at radius 1 is 1.24 bits per heavy atom. The number of alkyl halides is 3. The molecule has 0 bridgehead atoms. The average molecular weight is 481 g/mol. The van der Waals surface area contributed by atoms with E-state index in [1.165, 1.54) is 25.5 Å². The second kappa shape index (κ2) is 10.4. The summed E-state index contributed by atoms with van der Waals surface area (Å²) in [5.74, 6) is -0.868. The van der Waals surface area contributed by atoms with Crippen LogP contribution in [0.1, 0.15) is 23.1 Å². The number of halogens is 3. The molecule has 2 aromatic carbocycles. The number of methoxy groups -OCH3 is 1. The number of amides is 1. The zero-order chi connectivity index (χ0) is 24.0. The summed E-state index contributed by atoms with van der Waals surface area (Å²) in [5.41, 5.74) is 0.180. The Morgan fingerprint density at radius 2 is 2.03 bits per heavy atom. The van der Waals surface area contributed by atoms with Gasteiger partial charge in [0.25, 0.3) is 0 Å². The van der Waals surface area contributed by atoms with Crippen LogP contribution < -0.4 is 14.8 Å². The SMILES string of the molecule is COc1cc(C=NN=C2NC(=O)C(CC(=O)O)S2)ccc1OCc1cccc(C(F)(F)F)c1. The molecule has 12 heteroatoms. The molecule has 1 amide bonds. The Balaban J connectivity index is 1.64. The molecule has 1 atom stereocenters. The third kappa shape index (κ3) is 6.72. The molecule has 0 aromatic heterocycles. The van der Waals surface area contributed by atoms with Crippen molar-refractivity contribution < 1.29 is 37.3 Å². The van der Waals surface area contributed by atoms with Crippen molar-refractivity contribution in [1.82, 2.24) is 5.32 Å². The highest BCUT2D eigenvalue weighted by Crippen LogP contribution is 2.31. The number of carboxylic acid groups (broad SMARTS) is 1. The fourth-order valence-electron chi connectivity index (χ4n) is 2.78. The van der Waals surface area contributed by atoms with Crippen LogP contribution in [0.2, 0.25) is 0 Å². The van der Waals surface area contributed by atoms with Crippen molar-refractivity contribution in [2.45, 2.75) is 24.5 Å². The Labute approximate surface area is 190 Å². The number of thioether (sulfide) groups is 1. The molecule has 1 fully saturated rings. The van der Waals surface area contributed by atoms with Gasteiger partial charge in [-0.25, -0.2) is 0 Å². The number of hydrogen-bond acceptors (Lipinski definition) is 7. The number of ether oxygens (including phenoxy) is 2. The Bertz CT molecular complexity index is 1100. The third-order valence-electron chi connectivity index (χ3n) is 4.33. The number of aliphatic carboxylic acids is 1. The van der Waals surface area contributed by atoms with E-state index >= 15 is 0 Å². The van der Waals surface area contributed by atoms with E-state index in [1.54, 1.807) is 18.2 Å². The molecule has 174 valence electrons. The number of nitrogens with zero attached hydrogens (tertiary/aromatic N) is 2. The highest BCUT2D eigenvalue weighted by atomic mass is 32.2. The van der Waals surface area contributed by atoms with Gasteiger partial charge < -0.3 is 19.9 Å². The minimum Gasteiger partial charge on any atom is -0.493 e. The number of amidine groups is 1. The van der Waals surface area contributed by atoms with Gasteiger partial charge in [-0.3, -0.25) is 9.59 Å². The first kappa shape index (κ1) is 24.1. The lowest BCUT2D eigenvalue weighted by Gasteiger charge is -2.12. The molecular weight excluding hydrogens is 463 g/mol. The predicted molar refractivity (Wildman–Crippen MR) is 116 cm³/mol. The van der Waals surface area contributed by atoms with Gasteiger partial charge in [-0.2, -0.15) is 18.3 Å². The van der Waals surface area contributed by atoms with Crippen molar-refractivity contribution in [2.24, 2.45) is 10.2 Å². The number of nitrogens with one attached hydrogen (secondary N) is 1. The van der Waals surface area contributed by atoms with Crippen LogP contribution in [-0.2, 0) is 22.4 Å². The van der Waals surface area contributed by atoms with Gasteiger partial charge in [0.15, 0.2) is 16.7 Å². The molecule has 0 saturated carbocycles. The van der Waals surface area contributed by atoms with Crippen molar-refractivity contribution >= 4 is 35.0 Å². The highest BCUT2D eigenvalue weighted by molar-refractivity contribution is 8.15.